The molecule has 0 unspecified atom stereocenters. The molecule has 0 aliphatic carbocycles. The van der Waals surface area contributed by atoms with Gasteiger partial charge in [-0.25, -0.2) is 13.2 Å². The highest BCUT2D eigenvalue weighted by Gasteiger charge is 2.23. The molecule has 0 saturated carbocycles. The molecular formula is C25H12Cl2F3N. The minimum Gasteiger partial charge on any atom is -0.206 e. The highest BCUT2D eigenvalue weighted by Crippen LogP contribution is 2.45. The molecule has 0 heterocycles. The number of hydrogen-bond acceptors (Lipinski definition) is 1. The molecular weight excluding hydrogens is 442 g/mol. The summed E-state index contributed by atoms with van der Waals surface area (Å²) in [7, 11) is 0. The van der Waals surface area contributed by atoms with E-state index in [-0.39, 0.29) is 37.9 Å². The summed E-state index contributed by atoms with van der Waals surface area (Å²) in [5.41, 5.74) is 1.49. The van der Waals surface area contributed by atoms with Crippen LogP contribution in [0.1, 0.15) is 5.56 Å². The van der Waals surface area contributed by atoms with Crippen LogP contribution in [0.25, 0.3) is 33.4 Å². The number of nitriles is 1. The Morgan fingerprint density at radius 1 is 0.645 bits per heavy atom. The second-order valence-electron chi connectivity index (χ2n) is 6.77. The van der Waals surface area contributed by atoms with Crippen LogP contribution >= 0.6 is 23.2 Å². The summed E-state index contributed by atoms with van der Waals surface area (Å²) in [6.45, 7) is 0. The Hall–Kier alpha value is -3.26. The Morgan fingerprint density at radius 2 is 1.39 bits per heavy atom. The third kappa shape index (κ3) is 3.90. The minimum absolute atomic E-state index is 0.0238. The Bertz CT molecular complexity index is 1360. The molecule has 31 heavy (non-hydrogen) atoms. The first-order valence-corrected chi connectivity index (χ1v) is 9.89. The first-order valence-electron chi connectivity index (χ1n) is 9.13. The monoisotopic (exact) mass is 453 g/mol. The van der Waals surface area contributed by atoms with Crippen LogP contribution in [0.2, 0.25) is 10.0 Å². The molecule has 152 valence electrons. The standard InChI is InChI=1S/C25H12Cl2F3N/c26-19-9-8-16(11-21(19)29)23-22(30)12-18(17-6-1-2-7-20(17)28)25(27)24(23)15-5-3-4-14(10-15)13-31/h1-12H. The number of benzene rings is 4. The average molecular weight is 454 g/mol. The van der Waals surface area contributed by atoms with Crippen LogP contribution in [0.15, 0.2) is 72.8 Å². The van der Waals surface area contributed by atoms with Crippen molar-refractivity contribution in [1.82, 2.24) is 0 Å². The van der Waals surface area contributed by atoms with Gasteiger partial charge in [0, 0.05) is 22.3 Å². The molecule has 0 fully saturated rings. The fourth-order valence-electron chi connectivity index (χ4n) is 3.45. The van der Waals surface area contributed by atoms with Crippen molar-refractivity contribution >= 4 is 23.2 Å². The molecule has 0 bridgehead atoms. The van der Waals surface area contributed by atoms with Gasteiger partial charge >= 0.3 is 0 Å². The number of halogens is 5. The highest BCUT2D eigenvalue weighted by molar-refractivity contribution is 6.37. The smallest absolute Gasteiger partial charge is 0.142 e. The van der Waals surface area contributed by atoms with E-state index in [0.29, 0.717) is 11.1 Å². The first kappa shape index (κ1) is 21.0. The van der Waals surface area contributed by atoms with Gasteiger partial charge in [-0.2, -0.15) is 5.26 Å². The van der Waals surface area contributed by atoms with E-state index >= 15 is 4.39 Å². The van der Waals surface area contributed by atoms with Crippen LogP contribution < -0.4 is 0 Å². The second kappa shape index (κ2) is 8.47. The Labute approximate surface area is 186 Å². The van der Waals surface area contributed by atoms with Gasteiger partial charge in [-0.05, 0) is 47.5 Å². The topological polar surface area (TPSA) is 23.8 Å². The zero-order valence-corrected chi connectivity index (χ0v) is 17.3. The Morgan fingerprint density at radius 3 is 2.10 bits per heavy atom. The average Bonchev–Trinajstić information content (AvgIpc) is 2.77. The molecule has 0 N–H and O–H groups in total. The van der Waals surface area contributed by atoms with Crippen LogP contribution in [0.5, 0.6) is 0 Å². The van der Waals surface area contributed by atoms with Crippen LogP contribution in [0, 0.1) is 28.8 Å². The lowest BCUT2D eigenvalue weighted by Gasteiger charge is -2.18. The zero-order valence-electron chi connectivity index (χ0n) is 15.8. The third-order valence-electron chi connectivity index (χ3n) is 4.87. The lowest BCUT2D eigenvalue weighted by atomic mass is 9.89. The first-order chi connectivity index (χ1) is 14.9. The predicted molar refractivity (Wildman–Crippen MR) is 117 cm³/mol. The van der Waals surface area contributed by atoms with Crippen LogP contribution in [0.4, 0.5) is 13.2 Å². The van der Waals surface area contributed by atoms with Crippen molar-refractivity contribution in [2.75, 3.05) is 0 Å². The highest BCUT2D eigenvalue weighted by atomic mass is 35.5. The summed E-state index contributed by atoms with van der Waals surface area (Å²) >= 11 is 12.5. The summed E-state index contributed by atoms with van der Waals surface area (Å²) in [5.74, 6) is -2.00. The molecule has 0 saturated heterocycles. The van der Waals surface area contributed by atoms with Gasteiger partial charge in [-0.15, -0.1) is 0 Å². The molecule has 0 aliphatic rings. The van der Waals surface area contributed by atoms with E-state index in [1.807, 2.05) is 6.07 Å². The molecule has 4 rings (SSSR count). The van der Waals surface area contributed by atoms with Crippen LogP contribution in [-0.4, -0.2) is 0 Å². The molecule has 0 aliphatic heterocycles. The maximum atomic E-state index is 15.5. The molecule has 4 aromatic carbocycles. The van der Waals surface area contributed by atoms with Crippen molar-refractivity contribution in [3.05, 3.63) is 106 Å². The predicted octanol–water partition coefficient (Wildman–Crippen LogP) is 8.28. The third-order valence-corrected chi connectivity index (χ3v) is 5.57. The largest absolute Gasteiger partial charge is 0.206 e. The summed E-state index contributed by atoms with van der Waals surface area (Å²) in [6, 6.07) is 19.4. The van der Waals surface area contributed by atoms with E-state index in [1.54, 1.807) is 30.3 Å². The van der Waals surface area contributed by atoms with Gasteiger partial charge in [-0.1, -0.05) is 59.6 Å². The minimum atomic E-state index is -0.721. The van der Waals surface area contributed by atoms with E-state index in [1.165, 1.54) is 30.3 Å². The van der Waals surface area contributed by atoms with Crippen molar-refractivity contribution in [3.63, 3.8) is 0 Å². The van der Waals surface area contributed by atoms with Crippen molar-refractivity contribution in [2.45, 2.75) is 0 Å². The maximum absolute atomic E-state index is 15.5. The molecule has 6 heteroatoms. The van der Waals surface area contributed by atoms with Crippen molar-refractivity contribution in [2.24, 2.45) is 0 Å². The van der Waals surface area contributed by atoms with Gasteiger partial charge in [-0.3, -0.25) is 0 Å². The van der Waals surface area contributed by atoms with Crippen molar-refractivity contribution in [1.29, 1.82) is 5.26 Å². The number of rotatable bonds is 3. The van der Waals surface area contributed by atoms with E-state index in [9.17, 15) is 14.0 Å². The molecule has 1 nitrogen and oxygen atoms in total. The molecule has 4 aromatic rings. The molecule has 0 radical (unpaired) electrons. The Balaban J connectivity index is 2.10. The van der Waals surface area contributed by atoms with Crippen LogP contribution in [0.3, 0.4) is 0 Å². The molecule has 0 atom stereocenters. The van der Waals surface area contributed by atoms with Crippen LogP contribution in [-0.2, 0) is 0 Å². The fraction of sp³-hybridized carbons (Fsp3) is 0. The second-order valence-corrected chi connectivity index (χ2v) is 7.56. The van der Waals surface area contributed by atoms with E-state index in [0.717, 1.165) is 12.1 Å². The lowest BCUT2D eigenvalue weighted by molar-refractivity contribution is 0.624. The molecule has 0 aromatic heterocycles. The molecule has 0 spiro atoms. The summed E-state index contributed by atoms with van der Waals surface area (Å²) in [4.78, 5) is 0. The fourth-order valence-corrected chi connectivity index (χ4v) is 3.93. The van der Waals surface area contributed by atoms with Gasteiger partial charge in [0.1, 0.15) is 17.5 Å². The van der Waals surface area contributed by atoms with Crippen molar-refractivity contribution in [3.8, 4) is 39.4 Å². The van der Waals surface area contributed by atoms with Gasteiger partial charge in [0.15, 0.2) is 0 Å². The van der Waals surface area contributed by atoms with Gasteiger partial charge in [0.25, 0.3) is 0 Å². The summed E-state index contributed by atoms with van der Waals surface area (Å²) < 4.78 is 44.1. The van der Waals surface area contributed by atoms with Gasteiger partial charge < -0.3 is 0 Å². The number of nitrogens with zero attached hydrogens (tertiary/aromatic N) is 1. The maximum Gasteiger partial charge on any atom is 0.142 e. The zero-order chi connectivity index (χ0) is 22.1. The van der Waals surface area contributed by atoms with Gasteiger partial charge in [0.05, 0.1) is 21.7 Å². The quantitative estimate of drug-likeness (QED) is 0.306. The van der Waals surface area contributed by atoms with E-state index in [2.05, 4.69) is 0 Å². The summed E-state index contributed by atoms with van der Waals surface area (Å²) in [5, 5.41) is 9.25. The Kier molecular flexibility index (Phi) is 5.73. The number of hydrogen-bond donors (Lipinski definition) is 0. The summed E-state index contributed by atoms with van der Waals surface area (Å²) in [6.07, 6.45) is 0. The van der Waals surface area contributed by atoms with Crippen molar-refractivity contribution < 1.29 is 13.2 Å². The van der Waals surface area contributed by atoms with E-state index < -0.39 is 17.5 Å². The van der Waals surface area contributed by atoms with E-state index in [4.69, 9.17) is 23.2 Å². The molecule has 0 amide bonds. The normalized spacial score (nSPS) is 10.7. The lowest BCUT2D eigenvalue weighted by Crippen LogP contribution is -1.97. The van der Waals surface area contributed by atoms with Gasteiger partial charge in [0.2, 0.25) is 0 Å². The SMILES string of the molecule is N#Cc1cccc(-c2c(Cl)c(-c3ccccc3F)cc(F)c2-c2ccc(Cl)c(F)c2)c1.